The van der Waals surface area contributed by atoms with Crippen molar-refractivity contribution in [2.75, 3.05) is 13.1 Å². The molecule has 0 unspecified atom stereocenters. The Morgan fingerprint density at radius 3 is 2.27 bits per heavy atom. The molecule has 0 saturated heterocycles. The van der Waals surface area contributed by atoms with Gasteiger partial charge in [-0.25, -0.2) is 0 Å². The molecule has 0 aliphatic rings. The number of carbonyl (C=O) groups excluding carboxylic acids is 1. The summed E-state index contributed by atoms with van der Waals surface area (Å²) >= 11 is 0. The lowest BCUT2D eigenvalue weighted by atomic mass is 9.90. The Morgan fingerprint density at radius 1 is 1.20 bits per heavy atom. The third-order valence-electron chi connectivity index (χ3n) is 2.10. The van der Waals surface area contributed by atoms with Gasteiger partial charge in [-0.3, -0.25) is 4.79 Å². The molecule has 0 aliphatic carbocycles. The fourth-order valence-electron chi connectivity index (χ4n) is 1.14. The van der Waals surface area contributed by atoms with E-state index in [1.165, 1.54) is 0 Å². The molecule has 0 bridgehead atoms. The second-order valence-electron chi connectivity index (χ2n) is 5.52. The summed E-state index contributed by atoms with van der Waals surface area (Å²) in [6, 6.07) is 0.483. The van der Waals surface area contributed by atoms with E-state index in [0.29, 0.717) is 12.5 Å². The van der Waals surface area contributed by atoms with E-state index in [1.54, 1.807) is 0 Å². The van der Waals surface area contributed by atoms with E-state index in [9.17, 15) is 4.79 Å². The maximum atomic E-state index is 11.4. The predicted molar refractivity (Wildman–Crippen MR) is 64.8 cm³/mol. The van der Waals surface area contributed by atoms with Crippen LogP contribution in [-0.4, -0.2) is 25.0 Å². The van der Waals surface area contributed by atoms with Crippen molar-refractivity contribution in [3.8, 4) is 0 Å². The van der Waals surface area contributed by atoms with Crippen LogP contribution in [0.3, 0.4) is 0 Å². The summed E-state index contributed by atoms with van der Waals surface area (Å²) in [6.45, 7) is 12.2. The normalized spacial score (nSPS) is 11.9. The number of nitrogens with one attached hydrogen (secondary N) is 2. The summed E-state index contributed by atoms with van der Waals surface area (Å²) < 4.78 is 0. The average Bonchev–Trinajstić information content (AvgIpc) is 2.07. The van der Waals surface area contributed by atoms with Gasteiger partial charge in [0, 0.05) is 25.6 Å². The van der Waals surface area contributed by atoms with Crippen molar-refractivity contribution in [1.82, 2.24) is 10.6 Å². The van der Waals surface area contributed by atoms with Crippen LogP contribution < -0.4 is 10.6 Å². The lowest BCUT2D eigenvalue weighted by molar-refractivity contribution is -0.121. The quantitative estimate of drug-likeness (QED) is 0.663. The van der Waals surface area contributed by atoms with Gasteiger partial charge in [0.2, 0.25) is 5.91 Å². The molecule has 0 atom stereocenters. The van der Waals surface area contributed by atoms with Gasteiger partial charge in [0.25, 0.3) is 0 Å². The lowest BCUT2D eigenvalue weighted by Crippen LogP contribution is -2.34. The lowest BCUT2D eigenvalue weighted by Gasteiger charge is -2.17. The molecule has 90 valence electrons. The molecule has 0 heterocycles. The molecule has 3 heteroatoms. The minimum atomic E-state index is 0.162. The highest BCUT2D eigenvalue weighted by atomic mass is 16.1. The topological polar surface area (TPSA) is 41.1 Å². The summed E-state index contributed by atoms with van der Waals surface area (Å²) in [5.41, 5.74) is 0.244. The van der Waals surface area contributed by atoms with Crippen LogP contribution in [0.1, 0.15) is 47.5 Å². The van der Waals surface area contributed by atoms with Gasteiger partial charge in [-0.1, -0.05) is 34.6 Å². The van der Waals surface area contributed by atoms with Crippen molar-refractivity contribution in [1.29, 1.82) is 0 Å². The van der Waals surface area contributed by atoms with Crippen LogP contribution in [0.25, 0.3) is 0 Å². The first-order valence-corrected chi connectivity index (χ1v) is 5.81. The van der Waals surface area contributed by atoms with Crippen LogP contribution >= 0.6 is 0 Å². The Bertz CT molecular complexity index is 183. The zero-order valence-electron chi connectivity index (χ0n) is 10.8. The van der Waals surface area contributed by atoms with Crippen molar-refractivity contribution >= 4 is 5.91 Å². The van der Waals surface area contributed by atoms with Crippen LogP contribution in [0.5, 0.6) is 0 Å². The average molecular weight is 214 g/mol. The van der Waals surface area contributed by atoms with E-state index in [2.05, 4.69) is 45.3 Å². The monoisotopic (exact) mass is 214 g/mol. The van der Waals surface area contributed by atoms with Gasteiger partial charge in [0.1, 0.15) is 0 Å². The summed E-state index contributed by atoms with van der Waals surface area (Å²) in [5.74, 6) is 0.162. The van der Waals surface area contributed by atoms with Crippen LogP contribution in [0.15, 0.2) is 0 Å². The molecular weight excluding hydrogens is 188 g/mol. The van der Waals surface area contributed by atoms with Gasteiger partial charge >= 0.3 is 0 Å². The van der Waals surface area contributed by atoms with Crippen molar-refractivity contribution in [3.63, 3.8) is 0 Å². The minimum absolute atomic E-state index is 0.162. The largest absolute Gasteiger partial charge is 0.355 e. The maximum absolute atomic E-state index is 11.4. The Hall–Kier alpha value is -0.570. The highest BCUT2D eigenvalue weighted by Gasteiger charge is 2.12. The molecule has 0 aliphatic heterocycles. The molecular formula is C12H26N2O. The van der Waals surface area contributed by atoms with Crippen molar-refractivity contribution in [2.24, 2.45) is 5.41 Å². The van der Waals surface area contributed by atoms with E-state index in [4.69, 9.17) is 0 Å². The molecule has 0 rings (SSSR count). The Labute approximate surface area is 94.0 Å². The first kappa shape index (κ1) is 14.4. The summed E-state index contributed by atoms with van der Waals surface area (Å²) in [5, 5.41) is 6.17. The van der Waals surface area contributed by atoms with Crippen LogP contribution in [0.4, 0.5) is 0 Å². The fraction of sp³-hybridized carbons (Fsp3) is 0.917. The number of rotatable bonds is 6. The summed E-state index contributed by atoms with van der Waals surface area (Å²) in [7, 11) is 0. The zero-order chi connectivity index (χ0) is 11.9. The van der Waals surface area contributed by atoms with Gasteiger partial charge in [-0.15, -0.1) is 0 Å². The van der Waals surface area contributed by atoms with E-state index >= 15 is 0 Å². The van der Waals surface area contributed by atoms with Crippen molar-refractivity contribution < 1.29 is 4.79 Å². The molecule has 0 radical (unpaired) electrons. The first-order chi connectivity index (χ1) is 6.81. The molecule has 0 aromatic rings. The number of amides is 1. The van der Waals surface area contributed by atoms with Crippen molar-refractivity contribution in [3.05, 3.63) is 0 Å². The summed E-state index contributed by atoms with van der Waals surface area (Å²) in [4.78, 5) is 11.4. The number of carbonyl (C=O) groups is 1. The van der Waals surface area contributed by atoms with E-state index in [0.717, 1.165) is 19.5 Å². The van der Waals surface area contributed by atoms with Crippen LogP contribution in [-0.2, 0) is 4.79 Å². The van der Waals surface area contributed by atoms with E-state index in [1.807, 2.05) is 0 Å². The van der Waals surface area contributed by atoms with Gasteiger partial charge in [0.05, 0.1) is 0 Å². The van der Waals surface area contributed by atoms with E-state index < -0.39 is 0 Å². The number of hydrogen-bond acceptors (Lipinski definition) is 2. The third kappa shape index (κ3) is 11.4. The number of hydrogen-bond donors (Lipinski definition) is 2. The smallest absolute Gasteiger partial charge is 0.220 e. The molecule has 0 aromatic carbocycles. The molecule has 0 spiro atoms. The molecule has 0 aromatic heterocycles. The second-order valence-corrected chi connectivity index (χ2v) is 5.52. The molecule has 0 fully saturated rings. The fourth-order valence-corrected chi connectivity index (χ4v) is 1.14. The Balaban J connectivity index is 3.42. The van der Waals surface area contributed by atoms with E-state index in [-0.39, 0.29) is 11.3 Å². The Morgan fingerprint density at radius 2 is 1.80 bits per heavy atom. The molecule has 3 nitrogen and oxygen atoms in total. The van der Waals surface area contributed by atoms with Crippen LogP contribution in [0, 0.1) is 5.41 Å². The van der Waals surface area contributed by atoms with Gasteiger partial charge in [-0.05, 0) is 11.8 Å². The molecule has 15 heavy (non-hydrogen) atoms. The minimum Gasteiger partial charge on any atom is -0.355 e. The molecule has 1 amide bonds. The highest BCUT2D eigenvalue weighted by Crippen LogP contribution is 2.19. The molecule has 2 N–H and O–H groups in total. The molecule has 0 saturated carbocycles. The predicted octanol–water partition coefficient (Wildman–Crippen LogP) is 1.93. The third-order valence-corrected chi connectivity index (χ3v) is 2.10. The van der Waals surface area contributed by atoms with Crippen molar-refractivity contribution in [2.45, 2.75) is 53.5 Å². The zero-order valence-corrected chi connectivity index (χ0v) is 10.8. The van der Waals surface area contributed by atoms with Crippen LogP contribution in [0.2, 0.25) is 0 Å². The Kier molecular flexibility index (Phi) is 6.57. The second kappa shape index (κ2) is 6.83. The van der Waals surface area contributed by atoms with Gasteiger partial charge < -0.3 is 10.6 Å². The first-order valence-electron chi connectivity index (χ1n) is 5.81. The maximum Gasteiger partial charge on any atom is 0.220 e. The highest BCUT2D eigenvalue weighted by molar-refractivity contribution is 5.75. The summed E-state index contributed by atoms with van der Waals surface area (Å²) in [6.07, 6.45) is 1.57. The SMILES string of the molecule is CC(C)NCCNC(=O)CCC(C)(C)C. The van der Waals surface area contributed by atoms with Gasteiger partial charge in [-0.2, -0.15) is 0 Å². The van der Waals surface area contributed by atoms with Gasteiger partial charge in [0.15, 0.2) is 0 Å². The standard InChI is InChI=1S/C12H26N2O/c1-10(2)13-8-9-14-11(15)6-7-12(3,4)5/h10,13H,6-9H2,1-5H3,(H,14,15).